The third-order valence-corrected chi connectivity index (χ3v) is 5.81. The minimum absolute atomic E-state index is 0.0897. The van der Waals surface area contributed by atoms with Gasteiger partial charge in [0, 0.05) is 30.1 Å². The fraction of sp³-hybridized carbons (Fsp3) is 0.692. The van der Waals surface area contributed by atoms with Crippen LogP contribution >= 0.6 is 23.7 Å². The van der Waals surface area contributed by atoms with Crippen LogP contribution in [0.4, 0.5) is 0 Å². The van der Waals surface area contributed by atoms with E-state index in [1.54, 1.807) is 6.92 Å². The highest BCUT2D eigenvalue weighted by Gasteiger charge is 2.38. The van der Waals surface area contributed by atoms with Crippen LogP contribution in [0.5, 0.6) is 0 Å². The first kappa shape index (κ1) is 20.5. The highest BCUT2D eigenvalue weighted by atomic mass is 79.9. The summed E-state index contributed by atoms with van der Waals surface area (Å²) in [5.74, 6) is 0. The Morgan fingerprint density at radius 3 is 2.88 bits per heavy atom. The van der Waals surface area contributed by atoms with Gasteiger partial charge in [0.05, 0.1) is 12.7 Å². The van der Waals surface area contributed by atoms with Gasteiger partial charge in [-0.3, -0.25) is 18.9 Å². The van der Waals surface area contributed by atoms with Crippen LogP contribution < -0.4 is 11.2 Å². The largest absolute Gasteiger partial charge is 0.405 e. The van der Waals surface area contributed by atoms with E-state index in [0.29, 0.717) is 17.4 Å². The molecule has 0 aliphatic carbocycles. The van der Waals surface area contributed by atoms with E-state index in [2.05, 4.69) is 20.9 Å². The predicted molar refractivity (Wildman–Crippen MR) is 92.8 cm³/mol. The van der Waals surface area contributed by atoms with Gasteiger partial charge in [0.25, 0.3) is 5.56 Å². The standard InChI is InChI=1S/C13H21BrN3O7P/c1-8-6-17(13(20)15-12(8)19)11-5-9(18)10(24-11)7-23-25(21,22)16(2)4-3-14/h6,9-11,18H,3-5,7H2,1-2H3,(H,21,22)(H,15,19,20)/t9-,10+,11+/m0/s1. The normalized spacial score (nSPS) is 26.1. The Morgan fingerprint density at radius 1 is 1.56 bits per heavy atom. The van der Waals surface area contributed by atoms with E-state index in [-0.39, 0.29) is 13.0 Å². The zero-order valence-electron chi connectivity index (χ0n) is 13.8. The number of aromatic amines is 1. The summed E-state index contributed by atoms with van der Waals surface area (Å²) in [7, 11) is -2.55. The summed E-state index contributed by atoms with van der Waals surface area (Å²) >= 11 is 3.17. The maximum absolute atomic E-state index is 12.1. The van der Waals surface area contributed by atoms with Crippen LogP contribution in [0.15, 0.2) is 15.8 Å². The van der Waals surface area contributed by atoms with Gasteiger partial charge >= 0.3 is 13.4 Å². The molecule has 1 aliphatic heterocycles. The van der Waals surface area contributed by atoms with Crippen LogP contribution in [0.25, 0.3) is 0 Å². The van der Waals surface area contributed by atoms with Crippen LogP contribution in [0, 0.1) is 6.92 Å². The highest BCUT2D eigenvalue weighted by Crippen LogP contribution is 2.45. The lowest BCUT2D eigenvalue weighted by Crippen LogP contribution is -2.33. The molecule has 0 bridgehead atoms. The molecule has 1 aliphatic rings. The van der Waals surface area contributed by atoms with Crippen molar-refractivity contribution in [3.63, 3.8) is 0 Å². The number of nitrogens with one attached hydrogen (secondary N) is 1. The smallest absolute Gasteiger partial charge is 0.390 e. The van der Waals surface area contributed by atoms with Crippen molar-refractivity contribution in [1.29, 1.82) is 0 Å². The Bertz CT molecular complexity index is 767. The van der Waals surface area contributed by atoms with E-state index in [1.807, 2.05) is 0 Å². The topological polar surface area (TPSA) is 134 Å². The molecule has 1 aromatic heterocycles. The molecule has 0 spiro atoms. The molecular weight excluding hydrogens is 421 g/mol. The van der Waals surface area contributed by atoms with Gasteiger partial charge in [0.15, 0.2) is 0 Å². The van der Waals surface area contributed by atoms with Gasteiger partial charge in [-0.1, -0.05) is 15.9 Å². The summed E-state index contributed by atoms with van der Waals surface area (Å²) < 4.78 is 25.0. The fourth-order valence-electron chi connectivity index (χ4n) is 2.35. The maximum atomic E-state index is 12.1. The molecule has 0 amide bonds. The van der Waals surface area contributed by atoms with Gasteiger partial charge in [-0.25, -0.2) is 14.0 Å². The molecule has 0 radical (unpaired) electrons. The first-order valence-electron chi connectivity index (χ1n) is 7.56. The average molecular weight is 442 g/mol. The van der Waals surface area contributed by atoms with E-state index in [9.17, 15) is 24.2 Å². The van der Waals surface area contributed by atoms with Crippen molar-refractivity contribution in [3.8, 4) is 0 Å². The summed E-state index contributed by atoms with van der Waals surface area (Å²) in [5.41, 5.74) is -0.816. The first-order valence-corrected chi connectivity index (χ1v) is 10.2. The molecule has 1 unspecified atom stereocenters. The van der Waals surface area contributed by atoms with E-state index < -0.39 is 37.4 Å². The lowest BCUT2D eigenvalue weighted by Gasteiger charge is -2.23. The van der Waals surface area contributed by atoms with E-state index in [1.165, 1.54) is 17.8 Å². The van der Waals surface area contributed by atoms with Gasteiger partial charge < -0.3 is 14.7 Å². The molecule has 142 valence electrons. The van der Waals surface area contributed by atoms with Crippen molar-refractivity contribution < 1.29 is 23.8 Å². The number of aromatic nitrogens is 2. The van der Waals surface area contributed by atoms with Gasteiger partial charge in [0.1, 0.15) is 12.3 Å². The van der Waals surface area contributed by atoms with Crippen molar-refractivity contribution in [3.05, 3.63) is 32.6 Å². The number of nitrogens with zero attached hydrogens (tertiary/aromatic N) is 2. The van der Waals surface area contributed by atoms with Crippen molar-refractivity contribution in [2.75, 3.05) is 25.5 Å². The number of aliphatic hydroxyl groups is 1. The number of alkyl halides is 1. The Hall–Kier alpha value is -0.810. The number of hydrogen-bond donors (Lipinski definition) is 3. The Balaban J connectivity index is 2.05. The lowest BCUT2D eigenvalue weighted by molar-refractivity contribution is -0.0440. The fourth-order valence-corrected chi connectivity index (χ4v) is 4.05. The van der Waals surface area contributed by atoms with Crippen LogP contribution in [-0.4, -0.2) is 62.0 Å². The third-order valence-electron chi connectivity index (χ3n) is 3.91. The second kappa shape index (κ2) is 8.26. The average Bonchev–Trinajstić information content (AvgIpc) is 2.90. The molecule has 2 rings (SSSR count). The number of hydrogen-bond acceptors (Lipinski definition) is 6. The molecule has 3 N–H and O–H groups in total. The van der Waals surface area contributed by atoms with Gasteiger partial charge in [-0.15, -0.1) is 0 Å². The Kier molecular flexibility index (Phi) is 6.77. The number of aryl methyl sites for hydroxylation is 1. The lowest BCUT2D eigenvalue weighted by atomic mass is 10.2. The summed E-state index contributed by atoms with van der Waals surface area (Å²) in [6.07, 6.45) is -1.22. The van der Waals surface area contributed by atoms with Gasteiger partial charge in [-0.05, 0) is 14.0 Å². The van der Waals surface area contributed by atoms with Crippen molar-refractivity contribution in [2.24, 2.45) is 0 Å². The van der Waals surface area contributed by atoms with Crippen molar-refractivity contribution in [2.45, 2.75) is 31.8 Å². The van der Waals surface area contributed by atoms with E-state index >= 15 is 0 Å². The molecule has 0 saturated carbocycles. The monoisotopic (exact) mass is 441 g/mol. The summed E-state index contributed by atoms with van der Waals surface area (Å²) in [6.45, 7) is 1.54. The molecule has 25 heavy (non-hydrogen) atoms. The quantitative estimate of drug-likeness (QED) is 0.395. The predicted octanol–water partition coefficient (Wildman–Crippen LogP) is -0.0629. The zero-order chi connectivity index (χ0) is 18.8. The Morgan fingerprint density at radius 2 is 2.24 bits per heavy atom. The van der Waals surface area contributed by atoms with Crippen LogP contribution in [0.1, 0.15) is 18.2 Å². The molecule has 1 aromatic rings. The molecule has 10 nitrogen and oxygen atoms in total. The molecular formula is C13H21BrN3O7P. The van der Waals surface area contributed by atoms with Gasteiger partial charge in [-0.2, -0.15) is 0 Å². The second-order valence-corrected chi connectivity index (χ2v) is 8.48. The summed E-state index contributed by atoms with van der Waals surface area (Å²) in [5, 5.41) is 10.6. The minimum Gasteiger partial charge on any atom is -0.390 e. The number of H-pyrrole nitrogens is 1. The van der Waals surface area contributed by atoms with Crippen LogP contribution in [-0.2, 0) is 13.8 Å². The molecule has 2 heterocycles. The SMILES string of the molecule is Cc1cn([C@H]2C[C@H](O)[C@@H](COP(=O)(O)N(C)CCBr)O2)c(=O)[nH]c1=O. The maximum Gasteiger partial charge on any atom is 0.405 e. The number of ether oxygens (including phenoxy) is 1. The zero-order valence-corrected chi connectivity index (χ0v) is 16.3. The first-order chi connectivity index (χ1) is 11.7. The summed E-state index contributed by atoms with van der Waals surface area (Å²) in [6, 6.07) is 0. The van der Waals surface area contributed by atoms with Gasteiger partial charge in [0.2, 0.25) is 0 Å². The third kappa shape index (κ3) is 4.88. The highest BCUT2D eigenvalue weighted by molar-refractivity contribution is 9.09. The van der Waals surface area contributed by atoms with Crippen LogP contribution in [0.2, 0.25) is 0 Å². The number of halogens is 1. The van der Waals surface area contributed by atoms with Crippen molar-refractivity contribution >= 4 is 23.7 Å². The number of rotatable bonds is 7. The molecule has 1 saturated heterocycles. The number of aliphatic hydroxyl groups excluding tert-OH is 1. The molecule has 1 fully saturated rings. The second-order valence-electron chi connectivity index (χ2n) is 5.77. The van der Waals surface area contributed by atoms with Crippen molar-refractivity contribution in [1.82, 2.24) is 14.2 Å². The van der Waals surface area contributed by atoms with E-state index in [4.69, 9.17) is 9.26 Å². The van der Waals surface area contributed by atoms with Crippen LogP contribution in [0.3, 0.4) is 0 Å². The Labute approximate surface area is 152 Å². The molecule has 0 aromatic carbocycles. The van der Waals surface area contributed by atoms with E-state index in [0.717, 1.165) is 4.67 Å². The molecule has 4 atom stereocenters. The minimum atomic E-state index is -4.00. The summed E-state index contributed by atoms with van der Waals surface area (Å²) in [4.78, 5) is 35.3. The molecule has 12 heteroatoms.